The lowest BCUT2D eigenvalue weighted by atomic mass is 9.97. The summed E-state index contributed by atoms with van der Waals surface area (Å²) in [6.07, 6.45) is 1.28. The molecule has 1 N–H and O–H groups in total. The normalized spacial score (nSPS) is 23.8. The number of hydrogen-bond donors (Lipinski definition) is 1. The van der Waals surface area contributed by atoms with E-state index in [1.54, 1.807) is 0 Å². The summed E-state index contributed by atoms with van der Waals surface area (Å²) < 4.78 is 0. The van der Waals surface area contributed by atoms with Crippen LogP contribution in [0.4, 0.5) is 0 Å². The summed E-state index contributed by atoms with van der Waals surface area (Å²) in [4.78, 5) is 2.52. The molecule has 1 aliphatic heterocycles. The van der Waals surface area contributed by atoms with Gasteiger partial charge in [-0.05, 0) is 19.9 Å². The Hall–Kier alpha value is -0.0800. The van der Waals surface area contributed by atoms with Crippen molar-refractivity contribution in [2.24, 2.45) is 5.92 Å². The minimum atomic E-state index is 0.724. The van der Waals surface area contributed by atoms with Crippen molar-refractivity contribution < 1.29 is 0 Å². The Morgan fingerprint density at radius 1 is 1.42 bits per heavy atom. The first-order chi connectivity index (χ1) is 5.66. The molecule has 1 aliphatic rings. The number of likely N-dealkylation sites (N-methyl/N-ethyl adjacent to an activating group) is 1. The average molecular weight is 170 g/mol. The molecular formula is C10H22N2. The Balaban J connectivity index is 2.33. The van der Waals surface area contributed by atoms with E-state index >= 15 is 0 Å². The van der Waals surface area contributed by atoms with Gasteiger partial charge in [0, 0.05) is 25.2 Å². The van der Waals surface area contributed by atoms with Crippen LogP contribution in [0.25, 0.3) is 0 Å². The van der Waals surface area contributed by atoms with E-state index in [2.05, 4.69) is 38.0 Å². The Labute approximate surface area is 76.3 Å². The molecule has 0 amide bonds. The molecule has 1 rings (SSSR count). The van der Waals surface area contributed by atoms with Gasteiger partial charge in [-0.25, -0.2) is 0 Å². The predicted molar refractivity (Wildman–Crippen MR) is 53.3 cm³/mol. The summed E-state index contributed by atoms with van der Waals surface area (Å²) in [5.41, 5.74) is 0. The number of nitrogens with zero attached hydrogens (tertiary/aromatic N) is 1. The zero-order valence-corrected chi connectivity index (χ0v) is 8.80. The molecule has 2 atom stereocenters. The van der Waals surface area contributed by atoms with Crippen LogP contribution in [0.3, 0.4) is 0 Å². The zero-order valence-electron chi connectivity index (χ0n) is 8.80. The summed E-state index contributed by atoms with van der Waals surface area (Å²) in [7, 11) is 2.25. The highest BCUT2D eigenvalue weighted by atomic mass is 15.2. The van der Waals surface area contributed by atoms with E-state index in [-0.39, 0.29) is 0 Å². The van der Waals surface area contributed by atoms with Gasteiger partial charge < -0.3 is 5.32 Å². The van der Waals surface area contributed by atoms with Gasteiger partial charge in [0.1, 0.15) is 0 Å². The van der Waals surface area contributed by atoms with Crippen molar-refractivity contribution in [2.45, 2.75) is 39.3 Å². The van der Waals surface area contributed by atoms with Crippen molar-refractivity contribution in [1.29, 1.82) is 0 Å². The third-order valence-corrected chi connectivity index (χ3v) is 3.45. The highest BCUT2D eigenvalue weighted by molar-refractivity contribution is 4.86. The minimum Gasteiger partial charge on any atom is -0.314 e. The molecule has 0 aromatic carbocycles. The standard InChI is InChI=1S/C10H22N2/c1-5-8(2)9(3)12(4)10-6-11-7-10/h8-11H,5-7H2,1-4H3. The Bertz CT molecular complexity index is 123. The summed E-state index contributed by atoms with van der Waals surface area (Å²) >= 11 is 0. The molecule has 1 fully saturated rings. The topological polar surface area (TPSA) is 15.3 Å². The van der Waals surface area contributed by atoms with Crippen LogP contribution in [-0.2, 0) is 0 Å². The monoisotopic (exact) mass is 170 g/mol. The molecule has 1 saturated heterocycles. The molecule has 0 saturated carbocycles. The van der Waals surface area contributed by atoms with E-state index in [1.165, 1.54) is 19.5 Å². The van der Waals surface area contributed by atoms with E-state index < -0.39 is 0 Å². The maximum absolute atomic E-state index is 3.31. The second-order valence-corrected chi connectivity index (χ2v) is 4.10. The van der Waals surface area contributed by atoms with E-state index in [4.69, 9.17) is 0 Å². The quantitative estimate of drug-likeness (QED) is 0.684. The molecule has 12 heavy (non-hydrogen) atoms. The smallest absolute Gasteiger partial charge is 0.0345 e. The van der Waals surface area contributed by atoms with Crippen LogP contribution in [0, 0.1) is 5.92 Å². The van der Waals surface area contributed by atoms with Gasteiger partial charge in [0.15, 0.2) is 0 Å². The highest BCUT2D eigenvalue weighted by Crippen LogP contribution is 2.16. The summed E-state index contributed by atoms with van der Waals surface area (Å²) in [6, 6.07) is 1.51. The van der Waals surface area contributed by atoms with Gasteiger partial charge in [-0.3, -0.25) is 4.90 Å². The molecule has 0 aromatic rings. The number of nitrogens with one attached hydrogen (secondary N) is 1. The first kappa shape index (κ1) is 10.0. The second kappa shape index (κ2) is 4.24. The third-order valence-electron chi connectivity index (χ3n) is 3.45. The molecular weight excluding hydrogens is 148 g/mol. The van der Waals surface area contributed by atoms with Crippen LogP contribution < -0.4 is 5.32 Å². The molecule has 0 aliphatic carbocycles. The zero-order chi connectivity index (χ0) is 9.14. The van der Waals surface area contributed by atoms with Gasteiger partial charge in [-0.15, -0.1) is 0 Å². The SMILES string of the molecule is CCC(C)C(C)N(C)C1CNC1. The molecule has 2 heteroatoms. The first-order valence-corrected chi connectivity index (χ1v) is 5.09. The second-order valence-electron chi connectivity index (χ2n) is 4.10. The molecule has 0 radical (unpaired) electrons. The van der Waals surface area contributed by atoms with Crippen LogP contribution in [0.15, 0.2) is 0 Å². The van der Waals surface area contributed by atoms with Crippen LogP contribution >= 0.6 is 0 Å². The van der Waals surface area contributed by atoms with Crippen molar-refractivity contribution in [3.63, 3.8) is 0 Å². The van der Waals surface area contributed by atoms with Crippen LogP contribution in [0.1, 0.15) is 27.2 Å². The van der Waals surface area contributed by atoms with Crippen molar-refractivity contribution in [2.75, 3.05) is 20.1 Å². The predicted octanol–water partition coefficient (Wildman–Crippen LogP) is 1.32. The molecule has 2 unspecified atom stereocenters. The Morgan fingerprint density at radius 3 is 2.33 bits per heavy atom. The molecule has 0 bridgehead atoms. The summed E-state index contributed by atoms with van der Waals surface area (Å²) in [5.74, 6) is 0.815. The van der Waals surface area contributed by atoms with Gasteiger partial charge in [0.2, 0.25) is 0 Å². The van der Waals surface area contributed by atoms with Gasteiger partial charge in [-0.1, -0.05) is 20.3 Å². The molecule has 1 heterocycles. The fourth-order valence-corrected chi connectivity index (χ4v) is 1.64. The third kappa shape index (κ3) is 1.99. The van der Waals surface area contributed by atoms with Gasteiger partial charge in [-0.2, -0.15) is 0 Å². The number of hydrogen-bond acceptors (Lipinski definition) is 2. The van der Waals surface area contributed by atoms with E-state index in [0.29, 0.717) is 0 Å². The average Bonchev–Trinajstić information content (AvgIpc) is 1.98. The largest absolute Gasteiger partial charge is 0.314 e. The summed E-state index contributed by atoms with van der Waals surface area (Å²) in [5, 5.41) is 3.31. The van der Waals surface area contributed by atoms with Crippen molar-refractivity contribution in [3.8, 4) is 0 Å². The first-order valence-electron chi connectivity index (χ1n) is 5.09. The maximum Gasteiger partial charge on any atom is 0.0345 e. The Morgan fingerprint density at radius 2 is 2.00 bits per heavy atom. The van der Waals surface area contributed by atoms with Gasteiger partial charge in [0.05, 0.1) is 0 Å². The van der Waals surface area contributed by atoms with E-state index in [0.717, 1.165) is 18.0 Å². The lowest BCUT2D eigenvalue weighted by Gasteiger charge is -2.41. The van der Waals surface area contributed by atoms with Crippen molar-refractivity contribution in [3.05, 3.63) is 0 Å². The van der Waals surface area contributed by atoms with Crippen LogP contribution in [0.2, 0.25) is 0 Å². The van der Waals surface area contributed by atoms with Crippen molar-refractivity contribution >= 4 is 0 Å². The molecule has 0 spiro atoms. The summed E-state index contributed by atoms with van der Waals surface area (Å²) in [6.45, 7) is 9.31. The maximum atomic E-state index is 3.31. The lowest BCUT2D eigenvalue weighted by molar-refractivity contribution is 0.104. The molecule has 2 nitrogen and oxygen atoms in total. The van der Waals surface area contributed by atoms with Crippen LogP contribution in [-0.4, -0.2) is 37.1 Å². The molecule has 0 aromatic heterocycles. The minimum absolute atomic E-state index is 0.724. The fraction of sp³-hybridized carbons (Fsp3) is 1.00. The van der Waals surface area contributed by atoms with E-state index in [9.17, 15) is 0 Å². The molecule has 72 valence electrons. The van der Waals surface area contributed by atoms with Crippen molar-refractivity contribution in [1.82, 2.24) is 10.2 Å². The Kier molecular flexibility index (Phi) is 3.53. The fourth-order valence-electron chi connectivity index (χ4n) is 1.64. The van der Waals surface area contributed by atoms with Gasteiger partial charge >= 0.3 is 0 Å². The van der Waals surface area contributed by atoms with E-state index in [1.807, 2.05) is 0 Å². The number of rotatable bonds is 4. The van der Waals surface area contributed by atoms with Crippen LogP contribution in [0.5, 0.6) is 0 Å². The highest BCUT2D eigenvalue weighted by Gasteiger charge is 2.26. The van der Waals surface area contributed by atoms with Gasteiger partial charge in [0.25, 0.3) is 0 Å². The lowest BCUT2D eigenvalue weighted by Crippen LogP contribution is -2.58.